The Bertz CT molecular complexity index is 533. The van der Waals surface area contributed by atoms with Crippen molar-refractivity contribution < 1.29 is 19.1 Å². The van der Waals surface area contributed by atoms with E-state index in [1.807, 2.05) is 13.8 Å². The van der Waals surface area contributed by atoms with Crippen LogP contribution >= 0.6 is 0 Å². The molecule has 0 bridgehead atoms. The van der Waals surface area contributed by atoms with E-state index >= 15 is 0 Å². The van der Waals surface area contributed by atoms with E-state index in [2.05, 4.69) is 0 Å². The van der Waals surface area contributed by atoms with E-state index < -0.39 is 11.9 Å². The number of amides is 1. The average Bonchev–Trinajstić information content (AvgIpc) is 2.48. The molecule has 0 aliphatic rings. The van der Waals surface area contributed by atoms with Crippen LogP contribution in [0.2, 0.25) is 0 Å². The lowest BCUT2D eigenvalue weighted by Crippen LogP contribution is -2.42. The Hall–Kier alpha value is -1.95. The van der Waals surface area contributed by atoms with Crippen molar-refractivity contribution in [1.29, 1.82) is 0 Å². The molecule has 1 aromatic carbocycles. The standard InChI is InChI=1S/C17H25FN2O3/c1-5-20(13(3)14-6-8-15(18)9-7-14)16(21)11-19(4)10-12(2)17(22)23/h6-9,12-13H,5,10-11H2,1-4H3,(H,22,23). The maximum atomic E-state index is 13.0. The summed E-state index contributed by atoms with van der Waals surface area (Å²) < 4.78 is 13.0. The van der Waals surface area contributed by atoms with Crippen LogP contribution in [-0.2, 0) is 9.59 Å². The molecule has 5 nitrogen and oxygen atoms in total. The molecule has 0 spiro atoms. The van der Waals surface area contributed by atoms with Crippen LogP contribution in [0.15, 0.2) is 24.3 Å². The van der Waals surface area contributed by atoms with Crippen molar-refractivity contribution in [3.8, 4) is 0 Å². The van der Waals surface area contributed by atoms with Crippen LogP contribution in [0.4, 0.5) is 4.39 Å². The summed E-state index contributed by atoms with van der Waals surface area (Å²) in [5, 5.41) is 8.93. The molecule has 1 rings (SSSR count). The summed E-state index contributed by atoms with van der Waals surface area (Å²) in [4.78, 5) is 26.8. The number of halogens is 1. The van der Waals surface area contributed by atoms with Gasteiger partial charge in [-0.15, -0.1) is 0 Å². The first kappa shape index (κ1) is 19.1. The third-order valence-electron chi connectivity index (χ3n) is 3.89. The number of carboxylic acid groups (broad SMARTS) is 1. The number of aliphatic carboxylic acids is 1. The van der Waals surface area contributed by atoms with Gasteiger partial charge in [0, 0.05) is 13.1 Å². The summed E-state index contributed by atoms with van der Waals surface area (Å²) >= 11 is 0. The number of carbonyl (C=O) groups is 2. The van der Waals surface area contributed by atoms with Gasteiger partial charge in [0.2, 0.25) is 5.91 Å². The number of hydrogen-bond donors (Lipinski definition) is 1. The zero-order valence-electron chi connectivity index (χ0n) is 14.1. The molecule has 2 atom stereocenters. The largest absolute Gasteiger partial charge is 0.481 e. The third kappa shape index (κ3) is 5.63. The fourth-order valence-electron chi connectivity index (χ4n) is 2.52. The normalized spacial score (nSPS) is 13.7. The van der Waals surface area contributed by atoms with E-state index in [0.29, 0.717) is 13.1 Å². The van der Waals surface area contributed by atoms with Crippen molar-refractivity contribution in [3.05, 3.63) is 35.6 Å². The number of benzene rings is 1. The number of carbonyl (C=O) groups excluding carboxylic acids is 1. The van der Waals surface area contributed by atoms with Gasteiger partial charge in [0.05, 0.1) is 18.5 Å². The van der Waals surface area contributed by atoms with Crippen molar-refractivity contribution in [1.82, 2.24) is 9.80 Å². The highest BCUT2D eigenvalue weighted by Gasteiger charge is 2.22. The average molecular weight is 324 g/mol. The molecular formula is C17H25FN2O3. The molecule has 128 valence electrons. The smallest absolute Gasteiger partial charge is 0.307 e. The Labute approximate surface area is 136 Å². The van der Waals surface area contributed by atoms with Gasteiger partial charge in [-0.2, -0.15) is 0 Å². The van der Waals surface area contributed by atoms with Crippen molar-refractivity contribution in [2.24, 2.45) is 5.92 Å². The minimum atomic E-state index is -0.878. The molecule has 0 radical (unpaired) electrons. The number of rotatable bonds is 8. The van der Waals surface area contributed by atoms with Crippen molar-refractivity contribution in [3.63, 3.8) is 0 Å². The summed E-state index contributed by atoms with van der Waals surface area (Å²) in [6.45, 7) is 6.38. The molecule has 0 fully saturated rings. The number of carboxylic acids is 1. The van der Waals surface area contributed by atoms with Crippen LogP contribution in [0.5, 0.6) is 0 Å². The second-order valence-corrected chi connectivity index (χ2v) is 5.84. The Morgan fingerprint density at radius 1 is 1.22 bits per heavy atom. The van der Waals surface area contributed by atoms with Gasteiger partial charge in [-0.1, -0.05) is 19.1 Å². The highest BCUT2D eigenvalue weighted by Crippen LogP contribution is 2.20. The maximum absolute atomic E-state index is 13.0. The maximum Gasteiger partial charge on any atom is 0.307 e. The number of hydrogen-bond acceptors (Lipinski definition) is 3. The first-order valence-corrected chi connectivity index (χ1v) is 7.72. The SMILES string of the molecule is CCN(C(=O)CN(C)CC(C)C(=O)O)C(C)c1ccc(F)cc1. The molecule has 0 saturated heterocycles. The Morgan fingerprint density at radius 3 is 2.26 bits per heavy atom. The van der Waals surface area contributed by atoms with Crippen LogP contribution < -0.4 is 0 Å². The molecule has 0 aliphatic carbocycles. The molecule has 0 saturated carbocycles. The van der Waals surface area contributed by atoms with Crippen molar-refractivity contribution >= 4 is 11.9 Å². The molecule has 23 heavy (non-hydrogen) atoms. The van der Waals surface area contributed by atoms with Gasteiger partial charge in [0.25, 0.3) is 0 Å². The molecule has 0 heterocycles. The van der Waals surface area contributed by atoms with Gasteiger partial charge in [-0.25, -0.2) is 4.39 Å². The van der Waals surface area contributed by atoms with E-state index in [9.17, 15) is 14.0 Å². The van der Waals surface area contributed by atoms with E-state index in [0.717, 1.165) is 5.56 Å². The zero-order valence-corrected chi connectivity index (χ0v) is 14.1. The Balaban J connectivity index is 2.70. The van der Waals surface area contributed by atoms with Crippen LogP contribution in [0.3, 0.4) is 0 Å². The second kappa shape index (κ2) is 8.62. The summed E-state index contributed by atoms with van der Waals surface area (Å²) in [6, 6.07) is 5.94. The monoisotopic (exact) mass is 324 g/mol. The molecule has 2 unspecified atom stereocenters. The Kier molecular flexibility index (Phi) is 7.16. The molecule has 1 N–H and O–H groups in total. The highest BCUT2D eigenvalue weighted by molar-refractivity contribution is 5.79. The van der Waals surface area contributed by atoms with Crippen LogP contribution in [0.25, 0.3) is 0 Å². The predicted octanol–water partition coefficient (Wildman–Crippen LogP) is 2.39. The molecule has 0 aromatic heterocycles. The van der Waals surface area contributed by atoms with Gasteiger partial charge in [-0.05, 0) is 38.6 Å². The lowest BCUT2D eigenvalue weighted by molar-refractivity contribution is -0.142. The summed E-state index contributed by atoms with van der Waals surface area (Å²) in [5.41, 5.74) is 0.864. The van der Waals surface area contributed by atoms with E-state index in [-0.39, 0.29) is 24.3 Å². The van der Waals surface area contributed by atoms with E-state index in [1.165, 1.54) is 12.1 Å². The van der Waals surface area contributed by atoms with Gasteiger partial charge in [-0.3, -0.25) is 14.5 Å². The minimum Gasteiger partial charge on any atom is -0.481 e. The molecule has 6 heteroatoms. The molecular weight excluding hydrogens is 299 g/mol. The first-order valence-electron chi connectivity index (χ1n) is 7.72. The van der Waals surface area contributed by atoms with Crippen LogP contribution in [0.1, 0.15) is 32.4 Å². The quantitative estimate of drug-likeness (QED) is 0.797. The molecule has 1 aromatic rings. The number of nitrogens with zero attached hydrogens (tertiary/aromatic N) is 2. The van der Waals surface area contributed by atoms with Gasteiger partial charge >= 0.3 is 5.97 Å². The van der Waals surface area contributed by atoms with Gasteiger partial charge in [0.1, 0.15) is 5.82 Å². The lowest BCUT2D eigenvalue weighted by Gasteiger charge is -2.30. The van der Waals surface area contributed by atoms with Crippen LogP contribution in [-0.4, -0.2) is 53.5 Å². The molecule has 1 amide bonds. The van der Waals surface area contributed by atoms with Crippen LogP contribution in [0, 0.1) is 11.7 Å². The van der Waals surface area contributed by atoms with E-state index in [4.69, 9.17) is 5.11 Å². The zero-order chi connectivity index (χ0) is 17.6. The fraction of sp³-hybridized carbons (Fsp3) is 0.529. The van der Waals surface area contributed by atoms with E-state index in [1.54, 1.807) is 35.9 Å². The topological polar surface area (TPSA) is 60.9 Å². The first-order chi connectivity index (χ1) is 10.8. The summed E-state index contributed by atoms with van der Waals surface area (Å²) in [6.07, 6.45) is 0. The van der Waals surface area contributed by atoms with Gasteiger partial charge in [0.15, 0.2) is 0 Å². The van der Waals surface area contributed by atoms with Crippen molar-refractivity contribution in [2.75, 3.05) is 26.7 Å². The fourth-order valence-corrected chi connectivity index (χ4v) is 2.52. The van der Waals surface area contributed by atoms with Crippen molar-refractivity contribution in [2.45, 2.75) is 26.8 Å². The predicted molar refractivity (Wildman–Crippen MR) is 86.5 cm³/mol. The van der Waals surface area contributed by atoms with Gasteiger partial charge < -0.3 is 10.0 Å². The highest BCUT2D eigenvalue weighted by atomic mass is 19.1. The minimum absolute atomic E-state index is 0.0792. The summed E-state index contributed by atoms with van der Waals surface area (Å²) in [5.74, 6) is -1.80. The summed E-state index contributed by atoms with van der Waals surface area (Å²) in [7, 11) is 1.73. The lowest BCUT2D eigenvalue weighted by atomic mass is 10.1. The second-order valence-electron chi connectivity index (χ2n) is 5.84. The third-order valence-corrected chi connectivity index (χ3v) is 3.89. The number of likely N-dealkylation sites (N-methyl/N-ethyl adjacent to an activating group) is 2. The Morgan fingerprint density at radius 2 is 1.78 bits per heavy atom. The molecule has 0 aliphatic heterocycles.